The number of esters is 1. The minimum atomic E-state index is -1.30. The molecule has 0 heterocycles. The Labute approximate surface area is 129 Å². The number of carbonyl (C=O) groups is 2. The van der Waals surface area contributed by atoms with Gasteiger partial charge in [-0.1, -0.05) is 6.07 Å². The van der Waals surface area contributed by atoms with E-state index < -0.39 is 24.5 Å². The van der Waals surface area contributed by atoms with Crippen molar-refractivity contribution in [3.8, 4) is 11.5 Å². The number of rotatable bonds is 7. The van der Waals surface area contributed by atoms with Crippen LogP contribution >= 0.6 is 0 Å². The molecule has 1 unspecified atom stereocenters. The number of carbonyl (C=O) groups excluding carboxylic acids is 2. The van der Waals surface area contributed by atoms with Gasteiger partial charge in [-0.15, -0.1) is 0 Å². The summed E-state index contributed by atoms with van der Waals surface area (Å²) in [5.41, 5.74) is -0.0795. The molecule has 0 radical (unpaired) electrons. The van der Waals surface area contributed by atoms with Gasteiger partial charge in [0, 0.05) is 12.4 Å². The summed E-state index contributed by atoms with van der Waals surface area (Å²) in [4.78, 5) is 23.0. The molecule has 1 N–H and O–H groups in total. The molecule has 0 aliphatic heterocycles. The van der Waals surface area contributed by atoms with Gasteiger partial charge in [-0.2, -0.15) is 0 Å². The standard InChI is InChI=1S/C15H21NO6/c1-16(2,3)9-10(8-13(17)18)22-15(20)11-6-5-7-12(21-4)14(11)19/h5-7,10H,8-9H2,1-4H3,(H-,17,18,19,20). The van der Waals surface area contributed by atoms with Crippen LogP contribution in [-0.2, 0) is 9.53 Å². The van der Waals surface area contributed by atoms with Crippen LogP contribution in [0.4, 0.5) is 0 Å². The van der Waals surface area contributed by atoms with Crippen molar-refractivity contribution >= 4 is 11.9 Å². The molecule has 1 aromatic rings. The number of benzene rings is 1. The lowest BCUT2D eigenvalue weighted by Crippen LogP contribution is -2.45. The van der Waals surface area contributed by atoms with Crippen molar-refractivity contribution < 1.29 is 33.8 Å². The van der Waals surface area contributed by atoms with Gasteiger partial charge in [-0.25, -0.2) is 4.79 Å². The zero-order valence-corrected chi connectivity index (χ0v) is 13.2. The van der Waals surface area contributed by atoms with Crippen molar-refractivity contribution in [3.05, 3.63) is 23.8 Å². The molecule has 0 bridgehead atoms. The molecule has 0 amide bonds. The Bertz CT molecular complexity index is 549. The smallest absolute Gasteiger partial charge is 0.342 e. The Morgan fingerprint density at radius 2 is 1.95 bits per heavy atom. The number of nitrogens with zero attached hydrogens (tertiary/aromatic N) is 1. The molecular weight excluding hydrogens is 290 g/mol. The zero-order chi connectivity index (χ0) is 16.9. The average molecular weight is 311 g/mol. The van der Waals surface area contributed by atoms with Gasteiger partial charge in [0.15, 0.2) is 17.6 Å². The number of para-hydroxylation sites is 1. The number of phenolic OH excluding ortho intramolecular Hbond substituents is 1. The topological polar surface area (TPSA) is 95.9 Å². The fraction of sp³-hybridized carbons (Fsp3) is 0.467. The first-order chi connectivity index (χ1) is 10.1. The fourth-order valence-electron chi connectivity index (χ4n) is 2.01. The van der Waals surface area contributed by atoms with E-state index in [0.29, 0.717) is 11.0 Å². The quantitative estimate of drug-likeness (QED) is 0.552. The Balaban J connectivity index is 2.93. The molecule has 0 saturated carbocycles. The Morgan fingerprint density at radius 1 is 1.32 bits per heavy atom. The van der Waals surface area contributed by atoms with Crippen molar-refractivity contribution in [2.24, 2.45) is 0 Å². The van der Waals surface area contributed by atoms with Crippen LogP contribution in [0.5, 0.6) is 11.5 Å². The number of aromatic hydroxyl groups is 1. The third kappa shape index (κ3) is 5.25. The third-order valence-electron chi connectivity index (χ3n) is 2.86. The van der Waals surface area contributed by atoms with E-state index >= 15 is 0 Å². The van der Waals surface area contributed by atoms with Gasteiger partial charge in [0.25, 0.3) is 0 Å². The second-order valence-electron chi connectivity index (χ2n) is 5.93. The highest BCUT2D eigenvalue weighted by molar-refractivity contribution is 5.93. The van der Waals surface area contributed by atoms with Crippen molar-refractivity contribution in [3.63, 3.8) is 0 Å². The number of ether oxygens (including phenoxy) is 2. The molecule has 0 aromatic heterocycles. The minimum absolute atomic E-state index is 0.0795. The lowest BCUT2D eigenvalue weighted by molar-refractivity contribution is -0.873. The van der Waals surface area contributed by atoms with E-state index in [0.717, 1.165) is 0 Å². The molecule has 0 aliphatic rings. The maximum Gasteiger partial charge on any atom is 0.342 e. The van der Waals surface area contributed by atoms with Crippen LogP contribution in [0.15, 0.2) is 18.2 Å². The first kappa shape index (κ1) is 17.8. The number of phenols is 1. The molecule has 0 spiro atoms. The molecule has 1 atom stereocenters. The predicted octanol–water partition coefficient (Wildman–Crippen LogP) is -0.228. The van der Waals surface area contributed by atoms with Crippen molar-refractivity contribution in [2.75, 3.05) is 34.8 Å². The highest BCUT2D eigenvalue weighted by Gasteiger charge is 2.25. The van der Waals surface area contributed by atoms with Gasteiger partial charge in [-0.3, -0.25) is 0 Å². The van der Waals surface area contributed by atoms with Crippen LogP contribution < -0.4 is 9.84 Å². The van der Waals surface area contributed by atoms with Crippen molar-refractivity contribution in [1.82, 2.24) is 0 Å². The molecule has 0 aliphatic carbocycles. The summed E-state index contributed by atoms with van der Waals surface area (Å²) < 4.78 is 10.5. The number of hydrogen-bond donors (Lipinski definition) is 1. The fourth-order valence-corrected chi connectivity index (χ4v) is 2.01. The van der Waals surface area contributed by atoms with Gasteiger partial charge in [-0.05, 0) is 12.1 Å². The van der Waals surface area contributed by atoms with E-state index in [2.05, 4.69) is 0 Å². The first-order valence-corrected chi connectivity index (χ1v) is 6.71. The lowest BCUT2D eigenvalue weighted by Gasteiger charge is -2.29. The lowest BCUT2D eigenvalue weighted by atomic mass is 10.1. The molecule has 1 aromatic carbocycles. The van der Waals surface area contributed by atoms with E-state index in [1.165, 1.54) is 25.3 Å². The number of carboxylic acid groups (broad SMARTS) is 1. The van der Waals surface area contributed by atoms with E-state index in [9.17, 15) is 19.8 Å². The maximum absolute atomic E-state index is 12.2. The molecule has 7 heteroatoms. The van der Waals surface area contributed by atoms with E-state index in [1.54, 1.807) is 0 Å². The highest BCUT2D eigenvalue weighted by Crippen LogP contribution is 2.30. The number of quaternary nitrogens is 1. The molecular formula is C15H21NO6. The monoisotopic (exact) mass is 311 g/mol. The molecule has 122 valence electrons. The Morgan fingerprint density at radius 3 is 2.45 bits per heavy atom. The van der Waals surface area contributed by atoms with Crippen molar-refractivity contribution in [1.29, 1.82) is 0 Å². The SMILES string of the molecule is COc1cccc(C(=O)OC(CC(=O)[O-])C[N+](C)(C)C)c1O. The Hall–Kier alpha value is -2.28. The summed E-state index contributed by atoms with van der Waals surface area (Å²) in [6, 6.07) is 4.40. The minimum Gasteiger partial charge on any atom is -0.550 e. The number of aliphatic carboxylic acids is 1. The van der Waals surface area contributed by atoms with E-state index in [4.69, 9.17) is 9.47 Å². The van der Waals surface area contributed by atoms with Gasteiger partial charge in [0.2, 0.25) is 0 Å². The molecule has 0 fully saturated rings. The largest absolute Gasteiger partial charge is 0.550 e. The number of carboxylic acids is 1. The van der Waals surface area contributed by atoms with Crippen LogP contribution in [0.1, 0.15) is 16.8 Å². The summed E-state index contributed by atoms with van der Waals surface area (Å²) in [5.74, 6) is -2.32. The zero-order valence-electron chi connectivity index (χ0n) is 13.2. The molecule has 22 heavy (non-hydrogen) atoms. The van der Waals surface area contributed by atoms with E-state index in [-0.39, 0.29) is 17.1 Å². The van der Waals surface area contributed by atoms with Gasteiger partial charge >= 0.3 is 5.97 Å². The van der Waals surface area contributed by atoms with Gasteiger partial charge < -0.3 is 29.0 Å². The molecule has 1 rings (SSSR count). The molecule has 7 nitrogen and oxygen atoms in total. The van der Waals surface area contributed by atoms with Crippen LogP contribution in [0.2, 0.25) is 0 Å². The summed E-state index contributed by atoms with van der Waals surface area (Å²) in [6.07, 6.45) is -1.27. The second kappa shape index (κ2) is 7.13. The first-order valence-electron chi connectivity index (χ1n) is 6.71. The van der Waals surface area contributed by atoms with Crippen LogP contribution in [-0.4, -0.2) is 62.4 Å². The third-order valence-corrected chi connectivity index (χ3v) is 2.86. The van der Waals surface area contributed by atoms with Gasteiger partial charge in [0.1, 0.15) is 12.1 Å². The maximum atomic E-state index is 12.2. The summed E-state index contributed by atoms with van der Waals surface area (Å²) >= 11 is 0. The van der Waals surface area contributed by atoms with Crippen LogP contribution in [0.3, 0.4) is 0 Å². The number of methoxy groups -OCH3 is 1. The number of hydrogen-bond acceptors (Lipinski definition) is 6. The van der Waals surface area contributed by atoms with Gasteiger partial charge in [0.05, 0.1) is 28.3 Å². The normalized spacial score (nSPS) is 12.5. The summed E-state index contributed by atoms with van der Waals surface area (Å²) in [5, 5.41) is 20.7. The van der Waals surface area contributed by atoms with Crippen molar-refractivity contribution in [2.45, 2.75) is 12.5 Å². The van der Waals surface area contributed by atoms with Crippen LogP contribution in [0.25, 0.3) is 0 Å². The van der Waals surface area contributed by atoms with Crippen LogP contribution in [0, 0.1) is 0 Å². The highest BCUT2D eigenvalue weighted by atomic mass is 16.5. The Kier molecular flexibility index (Phi) is 5.76. The predicted molar refractivity (Wildman–Crippen MR) is 76.4 cm³/mol. The van der Waals surface area contributed by atoms with E-state index in [1.807, 2.05) is 21.1 Å². The average Bonchev–Trinajstić information content (AvgIpc) is 2.35. The summed E-state index contributed by atoms with van der Waals surface area (Å²) in [6.45, 7) is 0.296. The molecule has 0 saturated heterocycles. The second-order valence-corrected chi connectivity index (χ2v) is 5.93. The number of likely N-dealkylation sites (N-methyl/N-ethyl adjacent to an activating group) is 1. The summed E-state index contributed by atoms with van der Waals surface area (Å²) in [7, 11) is 6.90.